The molecule has 110 valence electrons. The maximum absolute atomic E-state index is 12.1. The number of anilines is 1. The van der Waals surface area contributed by atoms with Gasteiger partial charge in [0.2, 0.25) is 0 Å². The summed E-state index contributed by atoms with van der Waals surface area (Å²) < 4.78 is 5.05. The van der Waals surface area contributed by atoms with Crippen molar-refractivity contribution in [3.8, 4) is 5.75 Å². The van der Waals surface area contributed by atoms with Gasteiger partial charge in [-0.1, -0.05) is 0 Å². The molecule has 0 fully saturated rings. The highest BCUT2D eigenvalue weighted by atomic mass is 16.5. The van der Waals surface area contributed by atoms with Crippen LogP contribution in [0.25, 0.3) is 0 Å². The van der Waals surface area contributed by atoms with E-state index in [1.54, 1.807) is 11.0 Å². The molecule has 6 nitrogen and oxygen atoms in total. The lowest BCUT2D eigenvalue weighted by atomic mass is 10.1. The van der Waals surface area contributed by atoms with Gasteiger partial charge in [0.1, 0.15) is 5.75 Å². The molecule has 0 aliphatic heterocycles. The average Bonchev–Trinajstić information content (AvgIpc) is 2.38. The molecule has 0 bridgehead atoms. The van der Waals surface area contributed by atoms with Crippen LogP contribution in [0, 0.1) is 0 Å². The lowest BCUT2D eigenvalue weighted by molar-refractivity contribution is 0.0698. The van der Waals surface area contributed by atoms with Crippen molar-refractivity contribution in [1.82, 2.24) is 4.90 Å². The summed E-state index contributed by atoms with van der Waals surface area (Å²) in [5.41, 5.74) is 0.250. The summed E-state index contributed by atoms with van der Waals surface area (Å²) in [6.45, 7) is 6.19. The van der Waals surface area contributed by atoms with Crippen LogP contribution < -0.4 is 10.1 Å². The molecule has 0 spiro atoms. The number of rotatable bonds is 5. The van der Waals surface area contributed by atoms with Gasteiger partial charge in [-0.3, -0.25) is 0 Å². The highest BCUT2D eigenvalue weighted by Crippen LogP contribution is 2.23. The standard InChI is InChI=1S/C14H20N2O4/c1-5-16(9(2)3)14(19)15-12-8-10(20-4)6-7-11(12)13(17)18/h6-9H,5H2,1-4H3,(H,15,19)(H,17,18). The van der Waals surface area contributed by atoms with Crippen LogP contribution >= 0.6 is 0 Å². The van der Waals surface area contributed by atoms with Crippen LogP contribution in [0.15, 0.2) is 18.2 Å². The van der Waals surface area contributed by atoms with E-state index in [2.05, 4.69) is 5.32 Å². The average molecular weight is 280 g/mol. The number of methoxy groups -OCH3 is 1. The Morgan fingerprint density at radius 1 is 1.40 bits per heavy atom. The third kappa shape index (κ3) is 3.63. The molecule has 2 N–H and O–H groups in total. The quantitative estimate of drug-likeness (QED) is 0.869. The van der Waals surface area contributed by atoms with Gasteiger partial charge in [0.15, 0.2) is 0 Å². The van der Waals surface area contributed by atoms with E-state index in [4.69, 9.17) is 9.84 Å². The van der Waals surface area contributed by atoms with E-state index < -0.39 is 5.97 Å². The molecule has 0 heterocycles. The molecule has 1 aromatic rings. The number of amides is 2. The number of nitrogens with one attached hydrogen (secondary N) is 1. The summed E-state index contributed by atoms with van der Waals surface area (Å²) in [7, 11) is 1.48. The number of urea groups is 1. The molecule has 0 saturated heterocycles. The van der Waals surface area contributed by atoms with E-state index >= 15 is 0 Å². The Bertz CT molecular complexity index is 500. The van der Waals surface area contributed by atoms with Gasteiger partial charge in [0.05, 0.1) is 18.4 Å². The number of nitrogens with zero attached hydrogens (tertiary/aromatic N) is 1. The van der Waals surface area contributed by atoms with E-state index in [0.717, 1.165) is 0 Å². The van der Waals surface area contributed by atoms with Crippen molar-refractivity contribution in [2.75, 3.05) is 19.0 Å². The first-order valence-corrected chi connectivity index (χ1v) is 6.39. The van der Waals surface area contributed by atoms with Crippen molar-refractivity contribution >= 4 is 17.7 Å². The summed E-state index contributed by atoms with van der Waals surface area (Å²) in [6, 6.07) is 4.13. The lowest BCUT2D eigenvalue weighted by Gasteiger charge is -2.25. The number of ether oxygens (including phenoxy) is 1. The van der Waals surface area contributed by atoms with Gasteiger partial charge in [0, 0.05) is 18.7 Å². The van der Waals surface area contributed by atoms with Crippen LogP contribution in [0.3, 0.4) is 0 Å². The van der Waals surface area contributed by atoms with Gasteiger partial charge in [-0.2, -0.15) is 0 Å². The van der Waals surface area contributed by atoms with Crippen LogP contribution in [-0.2, 0) is 0 Å². The topological polar surface area (TPSA) is 78.9 Å². The molecular weight excluding hydrogens is 260 g/mol. The van der Waals surface area contributed by atoms with Gasteiger partial charge in [-0.15, -0.1) is 0 Å². The Labute approximate surface area is 118 Å². The van der Waals surface area contributed by atoms with Gasteiger partial charge in [-0.25, -0.2) is 9.59 Å². The van der Waals surface area contributed by atoms with E-state index in [0.29, 0.717) is 12.3 Å². The zero-order valence-corrected chi connectivity index (χ0v) is 12.1. The fourth-order valence-electron chi connectivity index (χ4n) is 1.87. The predicted molar refractivity (Wildman–Crippen MR) is 76.5 cm³/mol. The second-order valence-electron chi connectivity index (χ2n) is 4.53. The molecule has 0 atom stereocenters. The van der Waals surface area contributed by atoms with Gasteiger partial charge in [-0.05, 0) is 32.9 Å². The number of hydrogen-bond acceptors (Lipinski definition) is 3. The van der Waals surface area contributed by atoms with Crippen molar-refractivity contribution in [3.63, 3.8) is 0 Å². The van der Waals surface area contributed by atoms with Crippen molar-refractivity contribution in [3.05, 3.63) is 23.8 Å². The minimum Gasteiger partial charge on any atom is -0.497 e. The largest absolute Gasteiger partial charge is 0.497 e. The minimum absolute atomic E-state index is 0.0267. The van der Waals surface area contributed by atoms with E-state index in [9.17, 15) is 9.59 Å². The van der Waals surface area contributed by atoms with Gasteiger partial charge in [0.25, 0.3) is 0 Å². The Balaban J connectivity index is 3.06. The Morgan fingerprint density at radius 2 is 2.05 bits per heavy atom. The van der Waals surface area contributed by atoms with Crippen molar-refractivity contribution < 1.29 is 19.4 Å². The van der Waals surface area contributed by atoms with Crippen molar-refractivity contribution in [1.29, 1.82) is 0 Å². The maximum atomic E-state index is 12.1. The number of carbonyl (C=O) groups is 2. The number of carboxylic acids is 1. The van der Waals surface area contributed by atoms with Crippen LogP contribution in [0.1, 0.15) is 31.1 Å². The Kier molecular flexibility index (Phi) is 5.37. The summed E-state index contributed by atoms with van der Waals surface area (Å²) in [5.74, 6) is -0.617. The van der Waals surface area contributed by atoms with Crippen molar-refractivity contribution in [2.24, 2.45) is 0 Å². The van der Waals surface area contributed by atoms with Crippen molar-refractivity contribution in [2.45, 2.75) is 26.8 Å². The first kappa shape index (κ1) is 15.8. The molecule has 20 heavy (non-hydrogen) atoms. The molecule has 0 unspecified atom stereocenters. The molecule has 2 amide bonds. The highest BCUT2D eigenvalue weighted by molar-refractivity contribution is 6.00. The number of hydrogen-bond donors (Lipinski definition) is 2. The first-order chi connectivity index (χ1) is 9.40. The fourth-order valence-corrected chi connectivity index (χ4v) is 1.87. The predicted octanol–water partition coefficient (Wildman–Crippen LogP) is 2.66. The Hall–Kier alpha value is -2.24. The molecule has 0 aromatic heterocycles. The molecule has 0 saturated carbocycles. The number of aromatic carboxylic acids is 1. The molecule has 1 aromatic carbocycles. The first-order valence-electron chi connectivity index (χ1n) is 6.39. The smallest absolute Gasteiger partial charge is 0.337 e. The second kappa shape index (κ2) is 6.79. The third-order valence-corrected chi connectivity index (χ3v) is 2.92. The van der Waals surface area contributed by atoms with Crippen LogP contribution in [0.2, 0.25) is 0 Å². The van der Waals surface area contributed by atoms with Crippen LogP contribution in [0.4, 0.5) is 10.5 Å². The number of carbonyl (C=O) groups excluding carboxylic acids is 1. The second-order valence-corrected chi connectivity index (χ2v) is 4.53. The normalized spacial score (nSPS) is 10.2. The highest BCUT2D eigenvalue weighted by Gasteiger charge is 2.18. The van der Waals surface area contributed by atoms with Crippen LogP contribution in [0.5, 0.6) is 5.75 Å². The third-order valence-electron chi connectivity index (χ3n) is 2.92. The molecule has 6 heteroatoms. The molecular formula is C14H20N2O4. The zero-order valence-electron chi connectivity index (χ0n) is 12.1. The Morgan fingerprint density at radius 3 is 2.50 bits per heavy atom. The maximum Gasteiger partial charge on any atom is 0.337 e. The van der Waals surface area contributed by atoms with E-state index in [-0.39, 0.29) is 23.3 Å². The van der Waals surface area contributed by atoms with E-state index in [1.165, 1.54) is 19.2 Å². The van der Waals surface area contributed by atoms with Gasteiger partial charge >= 0.3 is 12.0 Å². The van der Waals surface area contributed by atoms with Crippen LogP contribution in [-0.4, -0.2) is 41.7 Å². The molecule has 0 aliphatic rings. The monoisotopic (exact) mass is 280 g/mol. The summed E-state index contributed by atoms with van der Waals surface area (Å²) in [5, 5.41) is 11.8. The minimum atomic E-state index is -1.10. The fraction of sp³-hybridized carbons (Fsp3) is 0.429. The summed E-state index contributed by atoms with van der Waals surface area (Å²) in [6.07, 6.45) is 0. The van der Waals surface area contributed by atoms with Gasteiger partial charge < -0.3 is 20.1 Å². The molecule has 1 rings (SSSR count). The summed E-state index contributed by atoms with van der Waals surface area (Å²) in [4.78, 5) is 24.9. The van der Waals surface area contributed by atoms with E-state index in [1.807, 2.05) is 20.8 Å². The molecule has 0 radical (unpaired) electrons. The lowest BCUT2D eigenvalue weighted by Crippen LogP contribution is -2.40. The molecule has 0 aliphatic carbocycles. The SMILES string of the molecule is CCN(C(=O)Nc1cc(OC)ccc1C(=O)O)C(C)C. The number of carboxylic acid groups (broad SMARTS) is 1. The number of benzene rings is 1. The zero-order chi connectivity index (χ0) is 15.3. The summed E-state index contributed by atoms with van der Waals surface area (Å²) >= 11 is 0.